The van der Waals surface area contributed by atoms with E-state index in [2.05, 4.69) is 6.58 Å². The highest BCUT2D eigenvalue weighted by Gasteiger charge is 2.26. The van der Waals surface area contributed by atoms with Crippen LogP contribution in [-0.2, 0) is 18.6 Å². The second-order valence-corrected chi connectivity index (χ2v) is 6.94. The van der Waals surface area contributed by atoms with E-state index in [1.807, 2.05) is 21.1 Å². The highest BCUT2D eigenvalue weighted by Crippen LogP contribution is 2.38. The van der Waals surface area contributed by atoms with E-state index in [-0.39, 0.29) is 6.61 Å². The summed E-state index contributed by atoms with van der Waals surface area (Å²) < 4.78 is 21.1. The molecule has 0 spiro atoms. The van der Waals surface area contributed by atoms with Crippen LogP contribution in [0.2, 0.25) is 0 Å². The predicted octanol–water partition coefficient (Wildman–Crippen LogP) is 1.07. The summed E-state index contributed by atoms with van der Waals surface area (Å²) in [5.41, 5.74) is 0.319. The van der Waals surface area contributed by atoms with Crippen LogP contribution in [0.4, 0.5) is 0 Å². The fourth-order valence-corrected chi connectivity index (χ4v) is 2.14. The lowest BCUT2D eigenvalue weighted by Gasteiger charge is -2.29. The number of hydrogen-bond acceptors (Lipinski definition) is 4. The van der Waals surface area contributed by atoms with E-state index in [0.717, 1.165) is 0 Å². The standard InChI is InChI=1S/C12H24NO6P/c1-10(2)12(14)18-8-6-7-11(9-13(3,4)5)19-20(15,16)17/h11H,1,6-9H2,2-5H3,(H-,15,16,17)/p+1. The molecule has 118 valence electrons. The summed E-state index contributed by atoms with van der Waals surface area (Å²) in [4.78, 5) is 28.9. The van der Waals surface area contributed by atoms with Gasteiger partial charge in [0.25, 0.3) is 0 Å². The summed E-state index contributed by atoms with van der Waals surface area (Å²) in [5.74, 6) is -0.468. The SMILES string of the molecule is C=C(C)C(=O)OCCCC(C[N+](C)(C)C)OP(=O)(O)O. The fourth-order valence-electron chi connectivity index (χ4n) is 1.58. The van der Waals surface area contributed by atoms with Gasteiger partial charge in [0.15, 0.2) is 0 Å². The summed E-state index contributed by atoms with van der Waals surface area (Å²) in [6.45, 7) is 5.63. The third-order valence-electron chi connectivity index (χ3n) is 2.29. The maximum absolute atomic E-state index is 11.2. The largest absolute Gasteiger partial charge is 0.470 e. The first kappa shape index (κ1) is 19.3. The molecule has 8 heteroatoms. The summed E-state index contributed by atoms with van der Waals surface area (Å²) >= 11 is 0. The maximum atomic E-state index is 11.2. The fraction of sp³-hybridized carbons (Fsp3) is 0.750. The lowest BCUT2D eigenvalue weighted by Crippen LogP contribution is -2.42. The van der Waals surface area contributed by atoms with E-state index < -0.39 is 19.9 Å². The molecule has 0 heterocycles. The molecule has 0 rings (SSSR count). The highest BCUT2D eigenvalue weighted by atomic mass is 31.2. The van der Waals surface area contributed by atoms with Crippen molar-refractivity contribution in [2.75, 3.05) is 34.3 Å². The minimum absolute atomic E-state index is 0.170. The Labute approximate surface area is 120 Å². The summed E-state index contributed by atoms with van der Waals surface area (Å²) in [6.07, 6.45) is 0.257. The van der Waals surface area contributed by atoms with Crippen molar-refractivity contribution in [3.63, 3.8) is 0 Å². The van der Waals surface area contributed by atoms with Gasteiger partial charge in [-0.3, -0.25) is 4.52 Å². The van der Waals surface area contributed by atoms with Crippen molar-refractivity contribution in [3.8, 4) is 0 Å². The van der Waals surface area contributed by atoms with Crippen LogP contribution in [0.1, 0.15) is 19.8 Å². The number of nitrogens with zero attached hydrogens (tertiary/aromatic N) is 1. The first-order chi connectivity index (χ1) is 8.91. The first-order valence-corrected chi connectivity index (χ1v) is 7.81. The molecular weight excluding hydrogens is 285 g/mol. The number of ether oxygens (including phenoxy) is 1. The molecule has 0 aromatic heterocycles. The molecule has 2 N–H and O–H groups in total. The molecule has 1 unspecified atom stereocenters. The average Bonchev–Trinajstić information content (AvgIpc) is 2.18. The lowest BCUT2D eigenvalue weighted by atomic mass is 10.2. The molecule has 0 aliphatic carbocycles. The molecule has 0 saturated carbocycles. The van der Waals surface area contributed by atoms with E-state index >= 15 is 0 Å². The molecule has 7 nitrogen and oxygen atoms in total. The third kappa shape index (κ3) is 11.1. The molecule has 20 heavy (non-hydrogen) atoms. The van der Waals surface area contributed by atoms with Gasteiger partial charge in [0.1, 0.15) is 12.6 Å². The van der Waals surface area contributed by atoms with Gasteiger partial charge in [-0.05, 0) is 19.8 Å². The van der Waals surface area contributed by atoms with Crippen molar-refractivity contribution >= 4 is 13.8 Å². The van der Waals surface area contributed by atoms with Gasteiger partial charge in [0.05, 0.1) is 27.7 Å². The Hall–Kier alpha value is -0.720. The minimum atomic E-state index is -4.52. The number of carbonyl (C=O) groups is 1. The molecule has 0 saturated heterocycles. The number of quaternary nitrogens is 1. The van der Waals surface area contributed by atoms with Crippen LogP contribution in [0.3, 0.4) is 0 Å². The Morgan fingerprint density at radius 2 is 1.90 bits per heavy atom. The Bertz CT molecular complexity index is 384. The lowest BCUT2D eigenvalue weighted by molar-refractivity contribution is -0.873. The monoisotopic (exact) mass is 310 g/mol. The van der Waals surface area contributed by atoms with Gasteiger partial charge in [0, 0.05) is 5.57 Å². The summed E-state index contributed by atoms with van der Waals surface area (Å²) in [6, 6.07) is 0. The van der Waals surface area contributed by atoms with Crippen molar-refractivity contribution < 1.29 is 32.9 Å². The van der Waals surface area contributed by atoms with E-state index in [1.54, 1.807) is 6.92 Å². The Morgan fingerprint density at radius 1 is 1.35 bits per heavy atom. The van der Waals surface area contributed by atoms with Crippen molar-refractivity contribution in [1.29, 1.82) is 0 Å². The zero-order valence-electron chi connectivity index (χ0n) is 12.5. The van der Waals surface area contributed by atoms with Gasteiger partial charge >= 0.3 is 13.8 Å². The topological polar surface area (TPSA) is 93.1 Å². The molecule has 0 aromatic carbocycles. The highest BCUT2D eigenvalue weighted by molar-refractivity contribution is 7.46. The zero-order chi connectivity index (χ0) is 16.0. The number of phosphoric acid groups is 1. The number of esters is 1. The van der Waals surface area contributed by atoms with Crippen LogP contribution < -0.4 is 0 Å². The van der Waals surface area contributed by atoms with E-state index in [4.69, 9.17) is 19.0 Å². The smallest absolute Gasteiger partial charge is 0.462 e. The maximum Gasteiger partial charge on any atom is 0.470 e. The van der Waals surface area contributed by atoms with Crippen LogP contribution in [-0.4, -0.2) is 60.6 Å². The van der Waals surface area contributed by atoms with Crippen LogP contribution in [0.5, 0.6) is 0 Å². The Morgan fingerprint density at radius 3 is 2.30 bits per heavy atom. The Balaban J connectivity index is 4.27. The van der Waals surface area contributed by atoms with Gasteiger partial charge in [0.2, 0.25) is 0 Å². The molecule has 0 bridgehead atoms. The molecule has 0 fully saturated rings. The summed E-state index contributed by atoms with van der Waals surface area (Å²) in [7, 11) is 1.18. The molecule has 0 aromatic rings. The minimum Gasteiger partial charge on any atom is -0.462 e. The van der Waals surface area contributed by atoms with Gasteiger partial charge in [-0.1, -0.05) is 6.58 Å². The van der Waals surface area contributed by atoms with Crippen molar-refractivity contribution in [3.05, 3.63) is 12.2 Å². The van der Waals surface area contributed by atoms with Gasteiger partial charge < -0.3 is 19.0 Å². The van der Waals surface area contributed by atoms with Crippen LogP contribution >= 0.6 is 7.82 Å². The molecule has 0 aliphatic heterocycles. The molecule has 0 radical (unpaired) electrons. The van der Waals surface area contributed by atoms with Crippen LogP contribution in [0.15, 0.2) is 12.2 Å². The number of likely N-dealkylation sites (N-methyl/N-ethyl adjacent to an activating group) is 1. The van der Waals surface area contributed by atoms with Crippen molar-refractivity contribution in [2.45, 2.75) is 25.9 Å². The van der Waals surface area contributed by atoms with Crippen LogP contribution in [0.25, 0.3) is 0 Å². The predicted molar refractivity (Wildman–Crippen MR) is 74.8 cm³/mol. The first-order valence-electron chi connectivity index (χ1n) is 6.28. The van der Waals surface area contributed by atoms with Gasteiger partial charge in [-0.25, -0.2) is 9.36 Å². The van der Waals surface area contributed by atoms with E-state index in [1.165, 1.54) is 0 Å². The molecular formula is C12H25NO6P+. The number of phosphoric ester groups is 1. The van der Waals surface area contributed by atoms with Crippen molar-refractivity contribution in [1.82, 2.24) is 0 Å². The van der Waals surface area contributed by atoms with Crippen molar-refractivity contribution in [2.24, 2.45) is 0 Å². The quantitative estimate of drug-likeness (QED) is 0.217. The molecule has 1 atom stereocenters. The van der Waals surface area contributed by atoms with Crippen LogP contribution in [0, 0.1) is 0 Å². The average molecular weight is 310 g/mol. The number of hydrogen-bond donors (Lipinski definition) is 2. The number of rotatable bonds is 9. The second-order valence-electron chi connectivity index (χ2n) is 5.75. The van der Waals surface area contributed by atoms with E-state index in [0.29, 0.717) is 29.4 Å². The number of carbonyl (C=O) groups excluding carboxylic acids is 1. The normalized spacial score (nSPS) is 13.9. The van der Waals surface area contributed by atoms with Gasteiger partial charge in [-0.2, -0.15) is 0 Å². The second kappa shape index (κ2) is 7.90. The third-order valence-corrected chi connectivity index (χ3v) is 2.86. The molecule has 0 amide bonds. The summed E-state index contributed by atoms with van der Waals surface area (Å²) in [5, 5.41) is 0. The van der Waals surface area contributed by atoms with E-state index in [9.17, 15) is 9.36 Å². The zero-order valence-corrected chi connectivity index (χ0v) is 13.4. The van der Waals surface area contributed by atoms with Gasteiger partial charge in [-0.15, -0.1) is 0 Å². The Kier molecular flexibility index (Phi) is 7.62. The molecule has 0 aliphatic rings.